The van der Waals surface area contributed by atoms with Crippen molar-refractivity contribution >= 4 is 11.9 Å². The van der Waals surface area contributed by atoms with Gasteiger partial charge in [0.25, 0.3) is 5.56 Å². The maximum Gasteiger partial charge on any atom is 0.255 e. The zero-order chi connectivity index (χ0) is 19.6. The fourth-order valence-corrected chi connectivity index (χ4v) is 4.77. The number of fused-ring (bicyclic) bond motifs is 2. The number of H-pyrrole nitrogens is 1. The van der Waals surface area contributed by atoms with Crippen molar-refractivity contribution in [3.63, 3.8) is 0 Å². The van der Waals surface area contributed by atoms with Crippen molar-refractivity contribution in [2.75, 3.05) is 57.5 Å². The summed E-state index contributed by atoms with van der Waals surface area (Å²) in [6.45, 7) is 7.22. The van der Waals surface area contributed by atoms with Gasteiger partial charge in [0.15, 0.2) is 0 Å². The topological polar surface area (TPSA) is 87.8 Å². The largest absolute Gasteiger partial charge is 0.381 e. The Morgan fingerprint density at radius 2 is 2.11 bits per heavy atom. The Morgan fingerprint density at radius 1 is 1.29 bits per heavy atom. The number of amides is 1. The quantitative estimate of drug-likeness (QED) is 0.750. The molecular formula is C20H30N4O4. The summed E-state index contributed by atoms with van der Waals surface area (Å²) < 4.78 is 10.8. The zero-order valence-electron chi connectivity index (χ0n) is 16.7. The standard InChI is InChI=1S/C20H30N4O4/c1-2-27-11-5-16(25)24-8-3-6-20(14-24)7-4-15-17(20)21-19(22-18(15)26)23-9-12-28-13-10-23/h2-14H2,1H3,(H,21,22,26). The highest BCUT2D eigenvalue weighted by Gasteiger charge is 2.45. The molecule has 1 unspecified atom stereocenters. The van der Waals surface area contributed by atoms with Crippen LogP contribution < -0.4 is 10.5 Å². The first-order valence-electron chi connectivity index (χ1n) is 10.4. The molecule has 0 aromatic carbocycles. The molecule has 2 aliphatic heterocycles. The first-order chi connectivity index (χ1) is 13.6. The number of piperidine rings is 1. The predicted octanol–water partition coefficient (Wildman–Crippen LogP) is 0.840. The molecule has 8 nitrogen and oxygen atoms in total. The minimum absolute atomic E-state index is 0.0248. The summed E-state index contributed by atoms with van der Waals surface area (Å²) in [6.07, 6.45) is 3.97. The summed E-state index contributed by atoms with van der Waals surface area (Å²) >= 11 is 0. The minimum Gasteiger partial charge on any atom is -0.381 e. The molecular weight excluding hydrogens is 360 g/mol. The molecule has 2 fully saturated rings. The van der Waals surface area contributed by atoms with Gasteiger partial charge in [0.2, 0.25) is 11.9 Å². The number of hydrogen-bond acceptors (Lipinski definition) is 6. The van der Waals surface area contributed by atoms with Crippen molar-refractivity contribution in [1.29, 1.82) is 0 Å². The van der Waals surface area contributed by atoms with Gasteiger partial charge in [0.05, 0.1) is 31.9 Å². The van der Waals surface area contributed by atoms with Crippen LogP contribution in [0.5, 0.6) is 0 Å². The molecule has 8 heteroatoms. The van der Waals surface area contributed by atoms with Crippen LogP contribution in [0.1, 0.15) is 43.9 Å². The van der Waals surface area contributed by atoms with Gasteiger partial charge >= 0.3 is 0 Å². The summed E-state index contributed by atoms with van der Waals surface area (Å²) in [7, 11) is 0. The van der Waals surface area contributed by atoms with E-state index in [2.05, 4.69) is 9.88 Å². The predicted molar refractivity (Wildman–Crippen MR) is 105 cm³/mol. The lowest BCUT2D eigenvalue weighted by Crippen LogP contribution is -2.48. The molecule has 1 aliphatic carbocycles. The molecule has 0 bridgehead atoms. The second-order valence-electron chi connectivity index (χ2n) is 7.96. The highest BCUT2D eigenvalue weighted by Crippen LogP contribution is 2.43. The molecule has 1 spiro atoms. The average Bonchev–Trinajstić information content (AvgIpc) is 3.07. The first kappa shape index (κ1) is 19.4. The SMILES string of the molecule is CCOCCC(=O)N1CCCC2(CCc3c2nc(N2CCOCC2)[nH]c3=O)C1. The third-order valence-electron chi connectivity index (χ3n) is 6.26. The van der Waals surface area contributed by atoms with E-state index in [9.17, 15) is 9.59 Å². The third-order valence-corrected chi connectivity index (χ3v) is 6.26. The van der Waals surface area contributed by atoms with Crippen molar-refractivity contribution < 1.29 is 14.3 Å². The summed E-state index contributed by atoms with van der Waals surface area (Å²) in [5, 5.41) is 0. The fourth-order valence-electron chi connectivity index (χ4n) is 4.77. The van der Waals surface area contributed by atoms with Crippen LogP contribution in [0, 0.1) is 0 Å². The van der Waals surface area contributed by atoms with Crippen molar-refractivity contribution in [3.8, 4) is 0 Å². The molecule has 1 N–H and O–H groups in total. The summed E-state index contributed by atoms with van der Waals surface area (Å²) in [4.78, 5) is 37.3. The van der Waals surface area contributed by atoms with Crippen LogP contribution in [0.4, 0.5) is 5.95 Å². The lowest BCUT2D eigenvalue weighted by atomic mass is 9.77. The van der Waals surface area contributed by atoms with E-state index >= 15 is 0 Å². The van der Waals surface area contributed by atoms with Gasteiger partial charge in [-0.25, -0.2) is 4.98 Å². The van der Waals surface area contributed by atoms with E-state index in [4.69, 9.17) is 14.5 Å². The third kappa shape index (κ3) is 3.67. The maximum absolute atomic E-state index is 12.7. The number of rotatable bonds is 5. The molecule has 28 heavy (non-hydrogen) atoms. The Balaban J connectivity index is 1.57. The Hall–Kier alpha value is -1.93. The van der Waals surface area contributed by atoms with E-state index < -0.39 is 0 Å². The molecule has 4 rings (SSSR count). The number of carbonyl (C=O) groups excluding carboxylic acids is 1. The normalized spacial score (nSPS) is 24.6. The highest BCUT2D eigenvalue weighted by atomic mass is 16.5. The number of ether oxygens (including phenoxy) is 2. The van der Waals surface area contributed by atoms with Crippen LogP contribution in [0.2, 0.25) is 0 Å². The van der Waals surface area contributed by atoms with Crippen molar-refractivity contribution in [1.82, 2.24) is 14.9 Å². The van der Waals surface area contributed by atoms with Crippen LogP contribution in [-0.4, -0.2) is 73.4 Å². The van der Waals surface area contributed by atoms with Gasteiger partial charge in [-0.15, -0.1) is 0 Å². The highest BCUT2D eigenvalue weighted by molar-refractivity contribution is 5.76. The summed E-state index contributed by atoms with van der Waals surface area (Å²) in [5.41, 5.74) is 1.51. The number of nitrogens with one attached hydrogen (secondary N) is 1. The van der Waals surface area contributed by atoms with Crippen LogP contribution in [0.25, 0.3) is 0 Å². The second kappa shape index (κ2) is 8.21. The molecule has 2 saturated heterocycles. The Bertz CT molecular complexity index is 774. The number of morpholine rings is 1. The molecule has 3 aliphatic rings. The van der Waals surface area contributed by atoms with Crippen molar-refractivity contribution in [2.24, 2.45) is 0 Å². The van der Waals surface area contributed by atoms with Crippen LogP contribution in [0.15, 0.2) is 4.79 Å². The average molecular weight is 390 g/mol. The van der Waals surface area contributed by atoms with E-state index in [-0.39, 0.29) is 16.9 Å². The van der Waals surface area contributed by atoms with Crippen molar-refractivity contribution in [2.45, 2.75) is 44.4 Å². The van der Waals surface area contributed by atoms with Crippen LogP contribution in [-0.2, 0) is 26.1 Å². The molecule has 1 atom stereocenters. The lowest BCUT2D eigenvalue weighted by molar-refractivity contribution is -0.134. The zero-order valence-corrected chi connectivity index (χ0v) is 16.7. The van der Waals surface area contributed by atoms with Crippen molar-refractivity contribution in [3.05, 3.63) is 21.6 Å². The number of nitrogens with zero attached hydrogens (tertiary/aromatic N) is 3. The Morgan fingerprint density at radius 3 is 2.89 bits per heavy atom. The van der Waals surface area contributed by atoms with Gasteiger partial charge in [0, 0.05) is 43.8 Å². The van der Waals surface area contributed by atoms with Crippen LogP contribution >= 0.6 is 0 Å². The molecule has 1 aromatic heterocycles. The van der Waals surface area contributed by atoms with Gasteiger partial charge in [-0.3, -0.25) is 14.6 Å². The number of likely N-dealkylation sites (tertiary alicyclic amines) is 1. The summed E-state index contributed by atoms with van der Waals surface area (Å²) in [6, 6.07) is 0. The molecule has 1 aromatic rings. The lowest BCUT2D eigenvalue weighted by Gasteiger charge is -2.41. The van der Waals surface area contributed by atoms with E-state index in [0.717, 1.165) is 56.6 Å². The number of anilines is 1. The number of aromatic nitrogens is 2. The maximum atomic E-state index is 12.7. The monoisotopic (exact) mass is 390 g/mol. The second-order valence-corrected chi connectivity index (χ2v) is 7.96. The Kier molecular flexibility index (Phi) is 5.68. The van der Waals surface area contributed by atoms with Gasteiger partial charge in [0.1, 0.15) is 0 Å². The van der Waals surface area contributed by atoms with E-state index in [0.29, 0.717) is 45.3 Å². The van der Waals surface area contributed by atoms with E-state index in [1.807, 2.05) is 11.8 Å². The number of aromatic amines is 1. The van der Waals surface area contributed by atoms with Gasteiger partial charge in [-0.2, -0.15) is 0 Å². The summed E-state index contributed by atoms with van der Waals surface area (Å²) in [5.74, 6) is 0.785. The minimum atomic E-state index is -0.190. The van der Waals surface area contributed by atoms with E-state index in [1.165, 1.54) is 0 Å². The van der Waals surface area contributed by atoms with Gasteiger partial charge < -0.3 is 19.3 Å². The smallest absolute Gasteiger partial charge is 0.255 e. The Labute approximate surface area is 165 Å². The first-order valence-corrected chi connectivity index (χ1v) is 10.4. The molecule has 154 valence electrons. The molecule has 0 radical (unpaired) electrons. The van der Waals surface area contributed by atoms with E-state index in [1.54, 1.807) is 0 Å². The molecule has 1 amide bonds. The molecule has 0 saturated carbocycles. The fraction of sp³-hybridized carbons (Fsp3) is 0.750. The number of carbonyl (C=O) groups is 1. The molecule has 3 heterocycles. The van der Waals surface area contributed by atoms with Gasteiger partial charge in [-0.1, -0.05) is 0 Å². The van der Waals surface area contributed by atoms with Gasteiger partial charge in [-0.05, 0) is 32.6 Å². The van der Waals surface area contributed by atoms with Crippen LogP contribution in [0.3, 0.4) is 0 Å². The number of hydrogen-bond donors (Lipinski definition) is 1.